The second kappa shape index (κ2) is 8.86. The number of aromatic hydroxyl groups is 1. The molecule has 19 heavy (non-hydrogen) atoms. The quantitative estimate of drug-likeness (QED) is 0.455. The minimum Gasteiger partial charge on any atom is -0.508 e. The van der Waals surface area contributed by atoms with Gasteiger partial charge in [-0.05, 0) is 24.1 Å². The van der Waals surface area contributed by atoms with E-state index in [-0.39, 0.29) is 29.0 Å². The lowest BCUT2D eigenvalue weighted by atomic mass is 10.1. The Morgan fingerprint density at radius 1 is 1.32 bits per heavy atom. The van der Waals surface area contributed by atoms with Gasteiger partial charge in [0.1, 0.15) is 11.8 Å². The number of phenols is 1. The molecule has 1 aliphatic heterocycles. The summed E-state index contributed by atoms with van der Waals surface area (Å²) in [6.45, 7) is 0.597. The molecular formula is C11H18N2O6. The number of hydrogen-bond donors (Lipinski definition) is 4. The Bertz CT molecular complexity index is 400. The van der Waals surface area contributed by atoms with Crippen molar-refractivity contribution < 1.29 is 30.8 Å². The second-order valence-corrected chi connectivity index (χ2v) is 3.59. The molecule has 8 heteroatoms. The van der Waals surface area contributed by atoms with E-state index < -0.39 is 12.0 Å². The average molecular weight is 274 g/mol. The monoisotopic (exact) mass is 274 g/mol. The van der Waals surface area contributed by atoms with Crippen molar-refractivity contribution in [2.75, 3.05) is 6.54 Å². The van der Waals surface area contributed by atoms with E-state index >= 15 is 0 Å². The minimum absolute atomic E-state index is 0. The summed E-state index contributed by atoms with van der Waals surface area (Å²) in [5.74, 6) is -0.694. The highest BCUT2D eigenvalue weighted by molar-refractivity contribution is 5.91. The number of benzene rings is 1. The molecule has 2 rings (SSSR count). The van der Waals surface area contributed by atoms with Crippen LogP contribution in [0.15, 0.2) is 24.3 Å². The molecule has 1 aliphatic rings. The molecule has 0 unspecified atom stereocenters. The molecule has 0 aromatic heterocycles. The molecule has 1 aromatic rings. The van der Waals surface area contributed by atoms with Crippen LogP contribution in [0.25, 0.3) is 0 Å². The van der Waals surface area contributed by atoms with Gasteiger partial charge in [-0.1, -0.05) is 12.1 Å². The van der Waals surface area contributed by atoms with Crippen molar-refractivity contribution in [2.45, 2.75) is 12.5 Å². The Kier molecular flexibility index (Phi) is 8.95. The topological polar surface area (TPSA) is 186 Å². The van der Waals surface area contributed by atoms with Crippen LogP contribution in [0.2, 0.25) is 0 Å². The Morgan fingerprint density at radius 2 is 1.74 bits per heavy atom. The molecule has 0 aliphatic carbocycles. The molecule has 1 atom stereocenters. The third-order valence-corrected chi connectivity index (χ3v) is 2.03. The van der Waals surface area contributed by atoms with Gasteiger partial charge in [-0.3, -0.25) is 9.59 Å². The van der Waals surface area contributed by atoms with Gasteiger partial charge in [0.15, 0.2) is 0 Å². The maximum atomic E-state index is 10.4. The van der Waals surface area contributed by atoms with Gasteiger partial charge in [0.25, 0.3) is 0 Å². The minimum atomic E-state index is -1.02. The van der Waals surface area contributed by atoms with Crippen LogP contribution < -0.4 is 11.1 Å². The lowest BCUT2D eigenvalue weighted by Crippen LogP contribution is -2.32. The Labute approximate surface area is 109 Å². The Morgan fingerprint density at radius 3 is 2.05 bits per heavy atom. The molecule has 1 fully saturated rings. The van der Waals surface area contributed by atoms with Crippen molar-refractivity contribution >= 4 is 11.9 Å². The molecular weight excluding hydrogens is 256 g/mol. The first-order valence-electron chi connectivity index (χ1n) is 5.02. The fraction of sp³-hybridized carbons (Fsp3) is 0.273. The number of nitrogens with two attached hydrogens (primary N) is 1. The van der Waals surface area contributed by atoms with E-state index in [2.05, 4.69) is 5.32 Å². The van der Waals surface area contributed by atoms with Crippen LogP contribution in [0.5, 0.6) is 5.75 Å². The largest absolute Gasteiger partial charge is 0.508 e. The van der Waals surface area contributed by atoms with Crippen molar-refractivity contribution in [3.8, 4) is 5.75 Å². The molecule has 1 aromatic carbocycles. The van der Waals surface area contributed by atoms with Crippen LogP contribution in [0.3, 0.4) is 0 Å². The molecule has 1 saturated heterocycles. The molecule has 1 heterocycles. The SMILES string of the molecule is N[C@@H](Cc1ccc(O)cc1)C(=O)O.O.O.O=C1CN1. The van der Waals surface area contributed by atoms with Gasteiger partial charge in [0.05, 0.1) is 6.54 Å². The molecule has 8 nitrogen and oxygen atoms in total. The standard InChI is InChI=1S/C9H11NO3.C2H3NO.2H2O/c10-8(9(12)13)5-6-1-3-7(11)4-2-6;4-2-1-3-2;;/h1-4,8,11H,5,10H2,(H,12,13);1H2,(H,3,4);2*1H2/t8-;;;/m0.../s1. The van der Waals surface area contributed by atoms with Crippen molar-refractivity contribution in [1.82, 2.24) is 5.32 Å². The molecule has 108 valence electrons. The predicted molar refractivity (Wildman–Crippen MR) is 67.7 cm³/mol. The highest BCUT2D eigenvalue weighted by atomic mass is 16.4. The van der Waals surface area contributed by atoms with Crippen LogP contribution in [0.1, 0.15) is 5.56 Å². The molecule has 0 saturated carbocycles. The summed E-state index contributed by atoms with van der Waals surface area (Å²) in [6.07, 6.45) is 0.273. The molecule has 0 bridgehead atoms. The summed E-state index contributed by atoms with van der Waals surface area (Å²) < 4.78 is 0. The molecule has 9 N–H and O–H groups in total. The number of carboxylic acid groups (broad SMARTS) is 1. The molecule has 0 radical (unpaired) electrons. The van der Waals surface area contributed by atoms with Gasteiger partial charge in [-0.2, -0.15) is 0 Å². The number of nitrogens with one attached hydrogen (secondary N) is 1. The van der Waals surface area contributed by atoms with Crippen molar-refractivity contribution in [2.24, 2.45) is 5.73 Å². The van der Waals surface area contributed by atoms with Crippen LogP contribution in [-0.4, -0.2) is 45.6 Å². The van der Waals surface area contributed by atoms with E-state index in [1.165, 1.54) is 12.1 Å². The summed E-state index contributed by atoms with van der Waals surface area (Å²) in [6, 6.07) is 5.42. The highest BCUT2D eigenvalue weighted by Gasteiger charge is 2.11. The normalized spacial score (nSPS) is 12.6. The number of carbonyl (C=O) groups is 2. The van der Waals surface area contributed by atoms with Crippen LogP contribution in [-0.2, 0) is 16.0 Å². The van der Waals surface area contributed by atoms with Crippen LogP contribution >= 0.6 is 0 Å². The Balaban J connectivity index is 0. The average Bonchev–Trinajstić information content (AvgIpc) is 3.05. The number of aliphatic carboxylic acids is 1. The summed E-state index contributed by atoms with van der Waals surface area (Å²) in [5.41, 5.74) is 6.12. The van der Waals surface area contributed by atoms with Gasteiger partial charge in [-0.15, -0.1) is 0 Å². The lowest BCUT2D eigenvalue weighted by Gasteiger charge is -2.05. The fourth-order valence-corrected chi connectivity index (χ4v) is 1.01. The van der Waals surface area contributed by atoms with Gasteiger partial charge in [0, 0.05) is 0 Å². The summed E-state index contributed by atoms with van der Waals surface area (Å²) in [4.78, 5) is 19.8. The number of amides is 1. The molecule has 0 spiro atoms. The van der Waals surface area contributed by atoms with Crippen LogP contribution in [0, 0.1) is 0 Å². The number of phenolic OH excluding ortho intramolecular Hbond substituents is 1. The summed E-state index contributed by atoms with van der Waals surface area (Å²) >= 11 is 0. The predicted octanol–water partition coefficient (Wildman–Crippen LogP) is -2.19. The van der Waals surface area contributed by atoms with Crippen molar-refractivity contribution in [1.29, 1.82) is 0 Å². The molecule has 1 amide bonds. The van der Waals surface area contributed by atoms with E-state index in [0.717, 1.165) is 5.56 Å². The second-order valence-electron chi connectivity index (χ2n) is 3.59. The zero-order chi connectivity index (χ0) is 12.8. The number of rotatable bonds is 3. The van der Waals surface area contributed by atoms with Gasteiger partial charge in [0.2, 0.25) is 5.91 Å². The first-order chi connectivity index (χ1) is 7.99. The third-order valence-electron chi connectivity index (χ3n) is 2.03. The number of carbonyl (C=O) groups excluding carboxylic acids is 1. The lowest BCUT2D eigenvalue weighted by molar-refractivity contribution is -0.138. The Hall–Kier alpha value is -2.16. The van der Waals surface area contributed by atoms with E-state index in [1.807, 2.05) is 0 Å². The number of hydrogen-bond acceptors (Lipinski definition) is 4. The van der Waals surface area contributed by atoms with Gasteiger partial charge < -0.3 is 32.2 Å². The van der Waals surface area contributed by atoms with Crippen LogP contribution in [0.4, 0.5) is 0 Å². The summed E-state index contributed by atoms with van der Waals surface area (Å²) in [5, 5.41) is 19.9. The van der Waals surface area contributed by atoms with E-state index in [9.17, 15) is 9.59 Å². The first-order valence-corrected chi connectivity index (χ1v) is 5.02. The maximum absolute atomic E-state index is 10.4. The third kappa shape index (κ3) is 8.55. The van der Waals surface area contributed by atoms with E-state index in [4.69, 9.17) is 15.9 Å². The zero-order valence-electron chi connectivity index (χ0n) is 10.1. The van der Waals surface area contributed by atoms with E-state index in [1.54, 1.807) is 12.1 Å². The van der Waals surface area contributed by atoms with E-state index in [0.29, 0.717) is 6.54 Å². The first kappa shape index (κ1) is 19.2. The fourth-order valence-electron chi connectivity index (χ4n) is 1.01. The van der Waals surface area contributed by atoms with Gasteiger partial charge >= 0.3 is 5.97 Å². The van der Waals surface area contributed by atoms with Gasteiger partial charge in [-0.25, -0.2) is 0 Å². The summed E-state index contributed by atoms with van der Waals surface area (Å²) in [7, 11) is 0. The smallest absolute Gasteiger partial charge is 0.320 e. The maximum Gasteiger partial charge on any atom is 0.320 e. The zero-order valence-corrected chi connectivity index (χ0v) is 10.1. The number of carboxylic acids is 1. The van der Waals surface area contributed by atoms with Crippen molar-refractivity contribution in [3.05, 3.63) is 29.8 Å². The van der Waals surface area contributed by atoms with Crippen molar-refractivity contribution in [3.63, 3.8) is 0 Å². The highest BCUT2D eigenvalue weighted by Crippen LogP contribution is 2.10.